The maximum absolute atomic E-state index is 13.4. The van der Waals surface area contributed by atoms with Gasteiger partial charge in [0.25, 0.3) is 5.91 Å². The minimum Gasteiger partial charge on any atom is -0.347 e. The molecule has 1 amide bonds. The molecular formula is C22H31N3O3S. The average Bonchev–Trinajstić information content (AvgIpc) is 3.05. The molecule has 1 aliphatic heterocycles. The first-order chi connectivity index (χ1) is 13.4. The molecule has 1 aromatic carbocycles. The maximum atomic E-state index is 13.4. The molecule has 7 heteroatoms. The molecule has 1 aromatic heterocycles. The summed E-state index contributed by atoms with van der Waals surface area (Å²) in [6, 6.07) is 7.58. The Hall–Kier alpha value is -2.12. The fourth-order valence-electron chi connectivity index (χ4n) is 3.90. The third-order valence-electron chi connectivity index (χ3n) is 5.61. The highest BCUT2D eigenvalue weighted by Crippen LogP contribution is 2.31. The summed E-state index contributed by atoms with van der Waals surface area (Å²) in [6.07, 6.45) is 1.83. The molecule has 6 nitrogen and oxygen atoms in total. The first kappa shape index (κ1) is 21.6. The Kier molecular flexibility index (Phi) is 5.66. The second-order valence-electron chi connectivity index (χ2n) is 8.89. The van der Waals surface area contributed by atoms with Gasteiger partial charge in [0.05, 0.1) is 4.90 Å². The monoisotopic (exact) mass is 417 g/mol. The van der Waals surface area contributed by atoms with Gasteiger partial charge in [-0.3, -0.25) is 4.79 Å². The lowest BCUT2D eigenvalue weighted by atomic mass is 9.85. The molecule has 2 heterocycles. The van der Waals surface area contributed by atoms with Gasteiger partial charge >= 0.3 is 0 Å². The number of aromatic nitrogens is 1. The molecule has 0 radical (unpaired) electrons. The standard InChI is InChI=1S/C22H31N3O3S/c1-16-14-18(22(3,4)5)15-17(2)20(16)29(27,28)25-12-10-24(11-13-25)21(26)19-8-7-9-23(19)6/h7-9,14-15H,10-13H2,1-6H3. The van der Waals surface area contributed by atoms with Gasteiger partial charge in [-0.2, -0.15) is 4.31 Å². The molecule has 1 saturated heterocycles. The van der Waals surface area contributed by atoms with Crippen LogP contribution in [0.25, 0.3) is 0 Å². The largest absolute Gasteiger partial charge is 0.347 e. The summed E-state index contributed by atoms with van der Waals surface area (Å²) in [4.78, 5) is 14.8. The summed E-state index contributed by atoms with van der Waals surface area (Å²) in [7, 11) is -1.77. The van der Waals surface area contributed by atoms with Crippen molar-refractivity contribution in [1.82, 2.24) is 13.8 Å². The molecular weight excluding hydrogens is 386 g/mol. The Labute approximate surface area is 174 Å². The van der Waals surface area contributed by atoms with Crippen molar-refractivity contribution in [2.24, 2.45) is 7.05 Å². The SMILES string of the molecule is Cc1cc(C(C)(C)C)cc(C)c1S(=O)(=O)N1CCN(C(=O)c2cccn2C)CC1. The lowest BCUT2D eigenvalue weighted by Crippen LogP contribution is -2.50. The van der Waals surface area contributed by atoms with Gasteiger partial charge in [0.1, 0.15) is 5.69 Å². The maximum Gasteiger partial charge on any atom is 0.270 e. The molecule has 0 unspecified atom stereocenters. The number of carbonyl (C=O) groups excluding carboxylic acids is 1. The second-order valence-corrected chi connectivity index (χ2v) is 10.8. The molecule has 1 aliphatic rings. The summed E-state index contributed by atoms with van der Waals surface area (Å²) in [5.41, 5.74) is 3.26. The number of piperazine rings is 1. The molecule has 3 rings (SSSR count). The van der Waals surface area contributed by atoms with E-state index in [1.165, 1.54) is 4.31 Å². The first-order valence-electron chi connectivity index (χ1n) is 9.95. The van der Waals surface area contributed by atoms with Gasteiger partial charge in [-0.25, -0.2) is 8.42 Å². The number of nitrogens with zero attached hydrogens (tertiary/aromatic N) is 3. The molecule has 1 fully saturated rings. The van der Waals surface area contributed by atoms with Crippen molar-refractivity contribution in [3.63, 3.8) is 0 Å². The van der Waals surface area contributed by atoms with Gasteiger partial charge in [-0.05, 0) is 48.1 Å². The van der Waals surface area contributed by atoms with Crippen molar-refractivity contribution in [2.45, 2.75) is 44.9 Å². The molecule has 2 aromatic rings. The van der Waals surface area contributed by atoms with E-state index in [1.807, 2.05) is 45.3 Å². The number of aryl methyl sites for hydroxylation is 3. The quantitative estimate of drug-likeness (QED) is 0.771. The Morgan fingerprint density at radius 3 is 2.00 bits per heavy atom. The lowest BCUT2D eigenvalue weighted by molar-refractivity contribution is 0.0688. The van der Waals surface area contributed by atoms with Crippen molar-refractivity contribution in [3.05, 3.63) is 52.8 Å². The van der Waals surface area contributed by atoms with E-state index in [4.69, 9.17) is 0 Å². The molecule has 29 heavy (non-hydrogen) atoms. The van der Waals surface area contributed by atoms with Crippen molar-refractivity contribution in [3.8, 4) is 0 Å². The normalized spacial score (nSPS) is 16.3. The highest BCUT2D eigenvalue weighted by molar-refractivity contribution is 7.89. The Balaban J connectivity index is 1.80. The number of hydrogen-bond acceptors (Lipinski definition) is 3. The van der Waals surface area contributed by atoms with Crippen LogP contribution in [-0.4, -0.2) is 54.3 Å². The second kappa shape index (κ2) is 7.61. The van der Waals surface area contributed by atoms with E-state index in [9.17, 15) is 13.2 Å². The smallest absolute Gasteiger partial charge is 0.270 e. The van der Waals surface area contributed by atoms with Crippen LogP contribution in [0, 0.1) is 13.8 Å². The van der Waals surface area contributed by atoms with Crippen molar-refractivity contribution in [1.29, 1.82) is 0 Å². The number of carbonyl (C=O) groups is 1. The summed E-state index contributed by atoms with van der Waals surface area (Å²) in [5, 5.41) is 0. The van der Waals surface area contributed by atoms with Crippen LogP contribution < -0.4 is 0 Å². The third kappa shape index (κ3) is 4.12. The minimum absolute atomic E-state index is 0.0409. The highest BCUT2D eigenvalue weighted by atomic mass is 32.2. The van der Waals surface area contributed by atoms with E-state index >= 15 is 0 Å². The number of amides is 1. The Morgan fingerprint density at radius 1 is 1.00 bits per heavy atom. The molecule has 0 aliphatic carbocycles. The van der Waals surface area contributed by atoms with Gasteiger partial charge in [-0.15, -0.1) is 0 Å². The predicted octanol–water partition coefficient (Wildman–Crippen LogP) is 3.09. The minimum atomic E-state index is -3.61. The van der Waals surface area contributed by atoms with Crippen LogP contribution in [0.4, 0.5) is 0 Å². The third-order valence-corrected chi connectivity index (χ3v) is 7.82. The zero-order valence-corrected chi connectivity index (χ0v) is 19.0. The van der Waals surface area contributed by atoms with Gasteiger partial charge in [-0.1, -0.05) is 32.9 Å². The van der Waals surface area contributed by atoms with Crippen molar-refractivity contribution < 1.29 is 13.2 Å². The number of rotatable bonds is 3. The predicted molar refractivity (Wildman–Crippen MR) is 115 cm³/mol. The van der Waals surface area contributed by atoms with E-state index in [1.54, 1.807) is 15.5 Å². The highest BCUT2D eigenvalue weighted by Gasteiger charge is 2.33. The zero-order valence-electron chi connectivity index (χ0n) is 18.2. The number of hydrogen-bond donors (Lipinski definition) is 0. The first-order valence-corrected chi connectivity index (χ1v) is 11.4. The van der Waals surface area contributed by atoms with Crippen LogP contribution in [0.5, 0.6) is 0 Å². The van der Waals surface area contributed by atoms with E-state index in [0.717, 1.165) is 16.7 Å². The zero-order chi connectivity index (χ0) is 21.6. The molecule has 0 bridgehead atoms. The molecule has 0 saturated carbocycles. The number of sulfonamides is 1. The molecule has 0 N–H and O–H groups in total. The summed E-state index contributed by atoms with van der Waals surface area (Å²) >= 11 is 0. The van der Waals surface area contributed by atoms with Crippen LogP contribution in [0.3, 0.4) is 0 Å². The fraction of sp³-hybridized carbons (Fsp3) is 0.500. The van der Waals surface area contributed by atoms with Crippen LogP contribution >= 0.6 is 0 Å². The van der Waals surface area contributed by atoms with E-state index in [-0.39, 0.29) is 11.3 Å². The Bertz CT molecular complexity index is 1000. The molecule has 0 spiro atoms. The summed E-state index contributed by atoms with van der Waals surface area (Å²) in [5.74, 6) is -0.0589. The van der Waals surface area contributed by atoms with Crippen molar-refractivity contribution in [2.75, 3.05) is 26.2 Å². The van der Waals surface area contributed by atoms with Gasteiger partial charge in [0.2, 0.25) is 10.0 Å². The summed E-state index contributed by atoms with van der Waals surface area (Å²) in [6.45, 7) is 11.5. The van der Waals surface area contributed by atoms with Crippen LogP contribution in [-0.2, 0) is 22.5 Å². The Morgan fingerprint density at radius 2 is 1.55 bits per heavy atom. The van der Waals surface area contributed by atoms with Crippen molar-refractivity contribution >= 4 is 15.9 Å². The van der Waals surface area contributed by atoms with Crippen LogP contribution in [0.1, 0.15) is 48.0 Å². The summed E-state index contributed by atoms with van der Waals surface area (Å²) < 4.78 is 30.0. The van der Waals surface area contributed by atoms with Crippen LogP contribution in [0.2, 0.25) is 0 Å². The van der Waals surface area contributed by atoms with E-state index in [2.05, 4.69) is 20.8 Å². The van der Waals surface area contributed by atoms with Crippen LogP contribution in [0.15, 0.2) is 35.4 Å². The lowest BCUT2D eigenvalue weighted by Gasteiger charge is -2.34. The fourth-order valence-corrected chi connectivity index (χ4v) is 5.73. The average molecular weight is 418 g/mol. The van der Waals surface area contributed by atoms with E-state index in [0.29, 0.717) is 36.8 Å². The number of benzene rings is 1. The van der Waals surface area contributed by atoms with E-state index < -0.39 is 10.0 Å². The van der Waals surface area contributed by atoms with Gasteiger partial charge in [0.15, 0.2) is 0 Å². The molecule has 0 atom stereocenters. The van der Waals surface area contributed by atoms with Gasteiger partial charge < -0.3 is 9.47 Å². The van der Waals surface area contributed by atoms with Gasteiger partial charge in [0, 0.05) is 39.4 Å². The molecule has 158 valence electrons. The topological polar surface area (TPSA) is 62.6 Å².